The summed E-state index contributed by atoms with van der Waals surface area (Å²) >= 11 is 2.14. The molecule has 4 atom stereocenters. The first-order chi connectivity index (χ1) is 16.1. The molecule has 9 heteroatoms. The first-order valence-electron chi connectivity index (χ1n) is 11.4. The lowest BCUT2D eigenvalue weighted by Crippen LogP contribution is -2.51. The lowest BCUT2D eigenvalue weighted by molar-refractivity contribution is -0.140. The minimum Gasteiger partial charge on any atom is -0.347 e. The van der Waals surface area contributed by atoms with E-state index in [0.717, 1.165) is 41.4 Å². The second-order valence-electron chi connectivity index (χ2n) is 9.44. The number of carbonyl (C=O) groups is 2. The second-order valence-corrected chi connectivity index (χ2v) is 10.7. The maximum absolute atomic E-state index is 14.2. The maximum Gasteiger partial charge on any atom is 0.419 e. The third kappa shape index (κ3) is 4.43. The number of rotatable bonds is 5. The van der Waals surface area contributed by atoms with E-state index in [9.17, 15) is 27.2 Å². The molecule has 34 heavy (non-hydrogen) atoms. The smallest absolute Gasteiger partial charge is 0.347 e. The summed E-state index contributed by atoms with van der Waals surface area (Å²) in [7, 11) is 0. The fourth-order valence-corrected chi connectivity index (χ4v) is 5.77. The molecule has 180 valence electrons. The molecule has 1 aliphatic heterocycles. The third-order valence-electron chi connectivity index (χ3n) is 7.25. The van der Waals surface area contributed by atoms with E-state index in [2.05, 4.69) is 27.9 Å². The van der Waals surface area contributed by atoms with Crippen LogP contribution in [0.25, 0.3) is 0 Å². The van der Waals surface area contributed by atoms with Crippen molar-refractivity contribution in [3.8, 4) is 0 Å². The molecule has 3 fully saturated rings. The van der Waals surface area contributed by atoms with E-state index in [-0.39, 0.29) is 29.7 Å². The molecule has 2 aromatic rings. The molecule has 1 heterocycles. The fraction of sp³-hybridized carbons (Fsp3) is 0.440. The number of nitrogens with one attached hydrogen (secondary N) is 1. The van der Waals surface area contributed by atoms with Gasteiger partial charge in [-0.3, -0.25) is 9.59 Å². The van der Waals surface area contributed by atoms with Crippen LogP contribution in [0.2, 0.25) is 0 Å². The quantitative estimate of drug-likeness (QED) is 0.361. The van der Waals surface area contributed by atoms with Gasteiger partial charge in [-0.05, 0) is 102 Å². The molecule has 2 amide bonds. The summed E-state index contributed by atoms with van der Waals surface area (Å²) in [6.45, 7) is 0. The molecule has 0 bridgehead atoms. The Balaban J connectivity index is 1.38. The number of halogens is 5. The van der Waals surface area contributed by atoms with Gasteiger partial charge in [-0.15, -0.1) is 0 Å². The van der Waals surface area contributed by atoms with Gasteiger partial charge in [0.1, 0.15) is 11.9 Å². The van der Waals surface area contributed by atoms with Crippen molar-refractivity contribution in [3.05, 3.63) is 68.5 Å². The minimum atomic E-state index is -4.78. The molecule has 0 aromatic heterocycles. The molecule has 2 aliphatic carbocycles. The number of hydrogen-bond acceptors (Lipinski definition) is 2. The Morgan fingerprint density at radius 2 is 1.82 bits per heavy atom. The van der Waals surface area contributed by atoms with Crippen molar-refractivity contribution in [2.75, 3.05) is 0 Å². The zero-order chi connectivity index (χ0) is 24.2. The highest BCUT2D eigenvalue weighted by molar-refractivity contribution is 14.1. The Hall–Kier alpha value is -2.17. The van der Waals surface area contributed by atoms with E-state index in [4.69, 9.17) is 0 Å². The molecular weight excluding hydrogens is 563 g/mol. The van der Waals surface area contributed by atoms with Crippen LogP contribution in [-0.4, -0.2) is 28.8 Å². The number of carbonyl (C=O) groups excluding carboxylic acids is 2. The Bertz CT molecular complexity index is 1130. The molecule has 1 saturated heterocycles. The van der Waals surface area contributed by atoms with Crippen LogP contribution in [0, 0.1) is 21.2 Å². The summed E-state index contributed by atoms with van der Waals surface area (Å²) in [5.41, 5.74) is -0.475. The molecule has 1 N–H and O–H groups in total. The minimum absolute atomic E-state index is 0.0176. The Kier molecular flexibility index (Phi) is 6.10. The van der Waals surface area contributed by atoms with E-state index < -0.39 is 29.6 Å². The number of benzene rings is 2. The van der Waals surface area contributed by atoms with Crippen molar-refractivity contribution in [2.45, 2.75) is 56.4 Å². The average molecular weight is 586 g/mol. The number of fused-ring (bicyclic) bond motifs is 1. The molecule has 0 unspecified atom stereocenters. The van der Waals surface area contributed by atoms with Gasteiger partial charge in [0.15, 0.2) is 0 Å². The summed E-state index contributed by atoms with van der Waals surface area (Å²) in [5.74, 6) is -1.55. The van der Waals surface area contributed by atoms with Crippen LogP contribution in [0.1, 0.15) is 59.6 Å². The third-order valence-corrected chi connectivity index (χ3v) is 7.93. The van der Waals surface area contributed by atoms with Gasteiger partial charge in [0.05, 0.1) is 11.6 Å². The van der Waals surface area contributed by atoms with Crippen LogP contribution >= 0.6 is 22.6 Å². The first kappa shape index (κ1) is 23.6. The van der Waals surface area contributed by atoms with Crippen molar-refractivity contribution < 1.29 is 27.2 Å². The summed E-state index contributed by atoms with van der Waals surface area (Å²) in [5, 5.41) is 2.96. The molecule has 4 nitrogen and oxygen atoms in total. The largest absolute Gasteiger partial charge is 0.419 e. The van der Waals surface area contributed by atoms with E-state index in [1.807, 2.05) is 6.07 Å². The topological polar surface area (TPSA) is 49.4 Å². The van der Waals surface area contributed by atoms with Gasteiger partial charge in [0, 0.05) is 15.2 Å². The van der Waals surface area contributed by atoms with Crippen LogP contribution in [-0.2, 0) is 11.0 Å². The van der Waals surface area contributed by atoms with Gasteiger partial charge >= 0.3 is 6.18 Å². The highest BCUT2D eigenvalue weighted by Crippen LogP contribution is 2.46. The van der Waals surface area contributed by atoms with Gasteiger partial charge in [0.25, 0.3) is 5.91 Å². The molecule has 0 spiro atoms. The monoisotopic (exact) mass is 586 g/mol. The zero-order valence-corrected chi connectivity index (χ0v) is 20.3. The van der Waals surface area contributed by atoms with Gasteiger partial charge in [0.2, 0.25) is 5.91 Å². The summed E-state index contributed by atoms with van der Waals surface area (Å²) in [4.78, 5) is 28.5. The van der Waals surface area contributed by atoms with Crippen molar-refractivity contribution >= 4 is 34.4 Å². The lowest BCUT2D eigenvalue weighted by atomic mass is 9.80. The SMILES string of the molecule is O=C(N[C@@H](c1ccc(C(F)(F)F)c(F)c1)C1CC1)[C@H]1C[C@H]2CC[C@H]2N1C(=O)c1cccc(I)c1. The standard InChI is InChI=1S/C25H23F4IN2O2/c26-19-11-15(6-8-18(19)25(27,28)29)22(13-4-5-13)31-23(33)21-12-14-7-9-20(14)32(21)24(34)16-2-1-3-17(30)10-16/h1-3,6,8,10-11,13-14,20-22H,4-5,7,9,12H2,(H,31,33)/t14-,20-,21-,22-/m1/s1. The van der Waals surface area contributed by atoms with Crippen molar-refractivity contribution in [3.63, 3.8) is 0 Å². The van der Waals surface area contributed by atoms with Crippen molar-refractivity contribution in [1.82, 2.24) is 10.2 Å². The molecule has 2 aromatic carbocycles. The highest BCUT2D eigenvalue weighted by atomic mass is 127. The number of amides is 2. The number of hydrogen-bond donors (Lipinski definition) is 1. The summed E-state index contributed by atoms with van der Waals surface area (Å²) < 4.78 is 54.1. The van der Waals surface area contributed by atoms with E-state index >= 15 is 0 Å². The molecule has 5 rings (SSSR count). The van der Waals surface area contributed by atoms with E-state index in [1.54, 1.807) is 23.1 Å². The average Bonchev–Trinajstić information content (AvgIpc) is 3.55. The first-order valence-corrected chi connectivity index (χ1v) is 12.5. The molecule has 0 radical (unpaired) electrons. The van der Waals surface area contributed by atoms with Crippen molar-refractivity contribution in [2.24, 2.45) is 11.8 Å². The Morgan fingerprint density at radius 1 is 1.06 bits per heavy atom. The Morgan fingerprint density at radius 3 is 2.41 bits per heavy atom. The summed E-state index contributed by atoms with van der Waals surface area (Å²) in [6, 6.07) is 8.85. The fourth-order valence-electron chi connectivity index (χ4n) is 5.23. The van der Waals surface area contributed by atoms with Crippen LogP contribution in [0.15, 0.2) is 42.5 Å². The van der Waals surface area contributed by atoms with Gasteiger partial charge in [-0.2, -0.15) is 13.2 Å². The second kappa shape index (κ2) is 8.80. The molecule has 3 aliphatic rings. The van der Waals surface area contributed by atoms with Crippen LogP contribution in [0.4, 0.5) is 17.6 Å². The van der Waals surface area contributed by atoms with Crippen molar-refractivity contribution in [1.29, 1.82) is 0 Å². The normalized spacial score (nSPS) is 24.9. The molecular formula is C25H23F4IN2O2. The number of likely N-dealkylation sites (tertiary alicyclic amines) is 1. The van der Waals surface area contributed by atoms with Gasteiger partial charge < -0.3 is 10.2 Å². The predicted molar refractivity (Wildman–Crippen MR) is 125 cm³/mol. The predicted octanol–water partition coefficient (Wildman–Crippen LogP) is 5.71. The van der Waals surface area contributed by atoms with E-state index in [0.29, 0.717) is 17.5 Å². The highest BCUT2D eigenvalue weighted by Gasteiger charge is 2.51. The lowest BCUT2D eigenvalue weighted by Gasteiger charge is -2.37. The Labute approximate surface area is 208 Å². The number of alkyl halides is 3. The molecule has 2 saturated carbocycles. The van der Waals surface area contributed by atoms with Crippen LogP contribution in [0.3, 0.4) is 0 Å². The zero-order valence-electron chi connectivity index (χ0n) is 18.1. The van der Waals surface area contributed by atoms with E-state index in [1.165, 1.54) is 6.07 Å². The number of nitrogens with zero attached hydrogens (tertiary/aromatic N) is 1. The summed E-state index contributed by atoms with van der Waals surface area (Å²) in [6.07, 6.45) is -0.810. The van der Waals surface area contributed by atoms with Gasteiger partial charge in [-0.1, -0.05) is 12.1 Å². The maximum atomic E-state index is 14.2. The van der Waals surface area contributed by atoms with Crippen LogP contribution in [0.5, 0.6) is 0 Å². The van der Waals surface area contributed by atoms with Crippen LogP contribution < -0.4 is 5.32 Å². The van der Waals surface area contributed by atoms with Gasteiger partial charge in [-0.25, -0.2) is 4.39 Å².